The molecule has 1 saturated heterocycles. The van der Waals surface area contributed by atoms with Crippen molar-refractivity contribution in [3.05, 3.63) is 0 Å². The van der Waals surface area contributed by atoms with E-state index in [-0.39, 0.29) is 0 Å². The minimum absolute atomic E-state index is 0.430. The number of ether oxygens (including phenoxy) is 1. The molecule has 0 bridgehead atoms. The van der Waals surface area contributed by atoms with Gasteiger partial charge in [0.25, 0.3) is 0 Å². The standard InChI is InChI=1S/C19H38OS/c1-7-10-16(8-2)13-17-14-19(6,21-15-20-17)12-11-18(4,5)9-3/h16-17H,7-15H2,1-6H3. The minimum Gasteiger partial charge on any atom is -0.368 e. The van der Waals surface area contributed by atoms with Crippen molar-refractivity contribution in [1.82, 2.24) is 0 Å². The molecule has 1 heterocycles. The maximum Gasteiger partial charge on any atom is 0.0930 e. The molecule has 0 spiro atoms. The van der Waals surface area contributed by atoms with E-state index in [2.05, 4.69) is 41.5 Å². The molecule has 3 atom stereocenters. The molecule has 21 heavy (non-hydrogen) atoms. The first kappa shape index (κ1) is 19.4. The molecule has 126 valence electrons. The Bertz CT molecular complexity index is 289. The largest absolute Gasteiger partial charge is 0.368 e. The van der Waals surface area contributed by atoms with Crippen LogP contribution in [0.4, 0.5) is 0 Å². The van der Waals surface area contributed by atoms with Crippen LogP contribution in [-0.2, 0) is 4.74 Å². The zero-order valence-corrected chi connectivity index (χ0v) is 16.2. The van der Waals surface area contributed by atoms with Crippen molar-refractivity contribution in [3.8, 4) is 0 Å². The second-order valence-electron chi connectivity index (χ2n) is 8.02. The second kappa shape index (κ2) is 8.82. The van der Waals surface area contributed by atoms with Crippen LogP contribution in [-0.4, -0.2) is 16.8 Å². The fraction of sp³-hybridized carbons (Fsp3) is 1.00. The van der Waals surface area contributed by atoms with Gasteiger partial charge in [0.05, 0.1) is 12.0 Å². The first-order chi connectivity index (χ1) is 9.84. The van der Waals surface area contributed by atoms with Crippen LogP contribution in [0.15, 0.2) is 0 Å². The van der Waals surface area contributed by atoms with Crippen molar-refractivity contribution in [2.24, 2.45) is 11.3 Å². The molecule has 0 saturated carbocycles. The van der Waals surface area contributed by atoms with Gasteiger partial charge >= 0.3 is 0 Å². The SMILES string of the molecule is CCCC(CC)CC1CC(C)(CCC(C)(C)CC)SCO1. The van der Waals surface area contributed by atoms with E-state index in [4.69, 9.17) is 4.74 Å². The third kappa shape index (κ3) is 6.95. The molecular formula is C19H38OS. The molecule has 3 unspecified atom stereocenters. The maximum absolute atomic E-state index is 6.07. The lowest BCUT2D eigenvalue weighted by molar-refractivity contribution is 0.0400. The van der Waals surface area contributed by atoms with Gasteiger partial charge in [-0.15, -0.1) is 11.8 Å². The van der Waals surface area contributed by atoms with E-state index in [0.29, 0.717) is 16.3 Å². The van der Waals surface area contributed by atoms with E-state index < -0.39 is 0 Å². The molecule has 0 aliphatic carbocycles. The normalized spacial score (nSPS) is 28.6. The summed E-state index contributed by atoms with van der Waals surface area (Å²) in [5.41, 5.74) is 0.492. The van der Waals surface area contributed by atoms with Crippen molar-refractivity contribution in [1.29, 1.82) is 0 Å². The molecule has 1 nitrogen and oxygen atoms in total. The Kier molecular flexibility index (Phi) is 8.13. The Balaban J connectivity index is 2.49. The minimum atomic E-state index is 0.430. The summed E-state index contributed by atoms with van der Waals surface area (Å²) in [5, 5.41) is 0. The highest BCUT2D eigenvalue weighted by molar-refractivity contribution is 8.00. The molecule has 1 fully saturated rings. The zero-order valence-electron chi connectivity index (χ0n) is 15.3. The van der Waals surface area contributed by atoms with Gasteiger partial charge in [-0.05, 0) is 37.0 Å². The zero-order chi connectivity index (χ0) is 15.9. The molecule has 1 aliphatic heterocycles. The molecule has 1 rings (SSSR count). The molecule has 0 aromatic rings. The second-order valence-corrected chi connectivity index (χ2v) is 9.53. The van der Waals surface area contributed by atoms with E-state index in [1.165, 1.54) is 51.4 Å². The van der Waals surface area contributed by atoms with Gasteiger partial charge in [-0.2, -0.15) is 0 Å². The molecule has 0 aromatic carbocycles. The first-order valence-corrected chi connectivity index (χ1v) is 10.1. The molecule has 0 N–H and O–H groups in total. The van der Waals surface area contributed by atoms with E-state index in [1.54, 1.807) is 0 Å². The van der Waals surface area contributed by atoms with Gasteiger partial charge in [0.2, 0.25) is 0 Å². The molecule has 0 amide bonds. The lowest BCUT2D eigenvalue weighted by atomic mass is 9.80. The van der Waals surface area contributed by atoms with Crippen LogP contribution < -0.4 is 0 Å². The van der Waals surface area contributed by atoms with Gasteiger partial charge in [-0.25, -0.2) is 0 Å². The van der Waals surface area contributed by atoms with Crippen LogP contribution >= 0.6 is 11.8 Å². The van der Waals surface area contributed by atoms with Crippen LogP contribution in [0.2, 0.25) is 0 Å². The molecular weight excluding hydrogens is 276 g/mol. The number of hydrogen-bond acceptors (Lipinski definition) is 2. The summed E-state index contributed by atoms with van der Waals surface area (Å²) in [5.74, 6) is 1.76. The van der Waals surface area contributed by atoms with Crippen molar-refractivity contribution in [3.63, 3.8) is 0 Å². The van der Waals surface area contributed by atoms with Crippen molar-refractivity contribution in [2.45, 2.75) is 104 Å². The lowest BCUT2D eigenvalue weighted by Crippen LogP contribution is -2.36. The van der Waals surface area contributed by atoms with Crippen LogP contribution in [0.1, 0.15) is 92.9 Å². The predicted octanol–water partition coefficient (Wildman–Crippen LogP) is 6.66. The number of thioether (sulfide) groups is 1. The smallest absolute Gasteiger partial charge is 0.0930 e. The predicted molar refractivity (Wildman–Crippen MR) is 97.0 cm³/mol. The number of rotatable bonds is 9. The van der Waals surface area contributed by atoms with Crippen LogP contribution in [0.25, 0.3) is 0 Å². The summed E-state index contributed by atoms with van der Waals surface area (Å²) in [6.07, 6.45) is 11.0. The summed E-state index contributed by atoms with van der Waals surface area (Å²) in [4.78, 5) is 0. The average Bonchev–Trinajstić information content (AvgIpc) is 2.45. The molecule has 1 aliphatic rings. The Morgan fingerprint density at radius 3 is 2.57 bits per heavy atom. The van der Waals surface area contributed by atoms with E-state index >= 15 is 0 Å². The highest BCUT2D eigenvalue weighted by atomic mass is 32.2. The Morgan fingerprint density at radius 2 is 2.00 bits per heavy atom. The average molecular weight is 315 g/mol. The Labute approximate surface area is 138 Å². The topological polar surface area (TPSA) is 9.23 Å². The fourth-order valence-electron chi connectivity index (χ4n) is 3.25. The van der Waals surface area contributed by atoms with Crippen LogP contribution in [0, 0.1) is 11.3 Å². The van der Waals surface area contributed by atoms with Gasteiger partial charge in [0, 0.05) is 4.75 Å². The summed E-state index contributed by atoms with van der Waals surface area (Å²) >= 11 is 2.05. The van der Waals surface area contributed by atoms with Crippen LogP contribution in [0.3, 0.4) is 0 Å². The molecule has 2 heteroatoms. The Morgan fingerprint density at radius 1 is 1.29 bits per heavy atom. The quantitative estimate of drug-likeness (QED) is 0.470. The summed E-state index contributed by atoms with van der Waals surface area (Å²) in [7, 11) is 0. The van der Waals surface area contributed by atoms with Gasteiger partial charge in [-0.1, -0.05) is 67.2 Å². The van der Waals surface area contributed by atoms with E-state index in [0.717, 1.165) is 11.9 Å². The monoisotopic (exact) mass is 314 g/mol. The third-order valence-electron chi connectivity index (χ3n) is 5.53. The van der Waals surface area contributed by atoms with Gasteiger partial charge in [-0.3, -0.25) is 0 Å². The number of hydrogen-bond donors (Lipinski definition) is 0. The third-order valence-corrected chi connectivity index (χ3v) is 6.85. The Hall–Kier alpha value is 0.310. The first-order valence-electron chi connectivity index (χ1n) is 9.09. The van der Waals surface area contributed by atoms with E-state index in [1.807, 2.05) is 11.8 Å². The van der Waals surface area contributed by atoms with Gasteiger partial charge < -0.3 is 4.74 Å². The molecule has 0 radical (unpaired) electrons. The highest BCUT2D eigenvalue weighted by Crippen LogP contribution is 2.43. The summed E-state index contributed by atoms with van der Waals surface area (Å²) in [6.45, 7) is 14.2. The van der Waals surface area contributed by atoms with Gasteiger partial charge in [0.1, 0.15) is 0 Å². The van der Waals surface area contributed by atoms with Crippen LogP contribution in [0.5, 0.6) is 0 Å². The van der Waals surface area contributed by atoms with Crippen molar-refractivity contribution in [2.75, 3.05) is 5.94 Å². The highest BCUT2D eigenvalue weighted by Gasteiger charge is 2.35. The lowest BCUT2D eigenvalue weighted by Gasteiger charge is -2.40. The van der Waals surface area contributed by atoms with Crippen molar-refractivity contribution >= 4 is 11.8 Å². The van der Waals surface area contributed by atoms with E-state index in [9.17, 15) is 0 Å². The summed E-state index contributed by atoms with van der Waals surface area (Å²) in [6, 6.07) is 0. The fourth-order valence-corrected chi connectivity index (χ4v) is 4.34. The maximum atomic E-state index is 6.07. The van der Waals surface area contributed by atoms with Crippen molar-refractivity contribution < 1.29 is 4.74 Å². The van der Waals surface area contributed by atoms with Gasteiger partial charge in [0.15, 0.2) is 0 Å². The molecule has 0 aromatic heterocycles. The summed E-state index contributed by atoms with van der Waals surface area (Å²) < 4.78 is 6.50.